The van der Waals surface area contributed by atoms with Crippen molar-refractivity contribution in [3.63, 3.8) is 0 Å². The third-order valence-corrected chi connectivity index (χ3v) is 6.47. The summed E-state index contributed by atoms with van der Waals surface area (Å²) in [6.45, 7) is 0. The highest BCUT2D eigenvalue weighted by Gasteiger charge is 2.30. The predicted octanol–water partition coefficient (Wildman–Crippen LogP) is 3.32. The first-order valence-electron chi connectivity index (χ1n) is 8.60. The Kier molecular flexibility index (Phi) is 5.98. The number of hydrogen-bond donors (Lipinski definition) is 1. The molecule has 0 radical (unpaired) electrons. The summed E-state index contributed by atoms with van der Waals surface area (Å²) in [5.74, 6) is 1.21. The van der Waals surface area contributed by atoms with Gasteiger partial charge in [-0.3, -0.25) is 9.36 Å². The summed E-state index contributed by atoms with van der Waals surface area (Å²) < 4.78 is 38.8. The van der Waals surface area contributed by atoms with Crippen LogP contribution >= 0.6 is 7.60 Å². The Balaban J connectivity index is 2.12. The molecule has 2 aromatic carbocycles. The summed E-state index contributed by atoms with van der Waals surface area (Å²) in [5.41, 5.74) is 2.21. The molecule has 0 bridgehead atoms. The number of anilines is 1. The number of carbonyl (C=O) groups is 1. The van der Waals surface area contributed by atoms with Crippen LogP contribution in [0.5, 0.6) is 17.2 Å². The zero-order chi connectivity index (χ0) is 21.2. The lowest BCUT2D eigenvalue weighted by molar-refractivity contribution is -0.110. The fraction of sp³-hybridized carbons (Fsp3) is 0.250. The minimum Gasteiger partial charge on any atom is -0.497 e. The molecule has 8 nitrogen and oxygen atoms in total. The molecule has 1 aliphatic rings. The summed E-state index contributed by atoms with van der Waals surface area (Å²) in [6, 6.07) is 8.35. The fourth-order valence-electron chi connectivity index (χ4n) is 3.13. The molecule has 0 spiro atoms. The highest BCUT2D eigenvalue weighted by molar-refractivity contribution is 7.62. The van der Waals surface area contributed by atoms with Gasteiger partial charge >= 0.3 is 7.60 Å². The summed E-state index contributed by atoms with van der Waals surface area (Å²) in [5, 5.41) is 3.13. The van der Waals surface area contributed by atoms with E-state index in [4.69, 9.17) is 23.3 Å². The van der Waals surface area contributed by atoms with Gasteiger partial charge in [-0.1, -0.05) is 6.07 Å². The average Bonchev–Trinajstić information content (AvgIpc) is 3.06. The van der Waals surface area contributed by atoms with E-state index in [0.717, 1.165) is 0 Å². The van der Waals surface area contributed by atoms with Gasteiger partial charge in [-0.25, -0.2) is 0 Å². The van der Waals surface area contributed by atoms with Gasteiger partial charge in [0, 0.05) is 42.7 Å². The van der Waals surface area contributed by atoms with E-state index in [1.807, 2.05) is 0 Å². The van der Waals surface area contributed by atoms with Gasteiger partial charge in [0.1, 0.15) is 5.75 Å². The molecule has 0 saturated heterocycles. The van der Waals surface area contributed by atoms with Crippen LogP contribution in [-0.2, 0) is 18.4 Å². The first-order valence-corrected chi connectivity index (χ1v) is 10.1. The lowest BCUT2D eigenvalue weighted by atomic mass is 10.0. The van der Waals surface area contributed by atoms with Crippen LogP contribution in [0, 0.1) is 0 Å². The van der Waals surface area contributed by atoms with Crippen LogP contribution in [0.2, 0.25) is 0 Å². The highest BCUT2D eigenvalue weighted by atomic mass is 31.2. The van der Waals surface area contributed by atoms with Crippen molar-refractivity contribution < 1.29 is 32.6 Å². The van der Waals surface area contributed by atoms with Crippen molar-refractivity contribution >= 4 is 36.1 Å². The van der Waals surface area contributed by atoms with E-state index < -0.39 is 7.60 Å². The molecule has 0 aromatic heterocycles. The van der Waals surface area contributed by atoms with Gasteiger partial charge in [0.15, 0.2) is 11.5 Å². The first-order chi connectivity index (χ1) is 13.9. The molecular formula is C20H22NO7P. The normalized spacial score (nSPS) is 14.5. The van der Waals surface area contributed by atoms with Crippen molar-refractivity contribution in [3.8, 4) is 17.2 Å². The van der Waals surface area contributed by atoms with Crippen LogP contribution in [0.15, 0.2) is 30.3 Å². The average molecular weight is 419 g/mol. The molecule has 1 N–H and O–H groups in total. The third kappa shape index (κ3) is 3.74. The summed E-state index contributed by atoms with van der Waals surface area (Å²) in [6.07, 6.45) is 1.69. The minimum atomic E-state index is -3.43. The second kappa shape index (κ2) is 8.29. The Labute approximate surface area is 168 Å². The molecule has 9 heteroatoms. The summed E-state index contributed by atoms with van der Waals surface area (Å²) in [7, 11) is 3.78. The van der Waals surface area contributed by atoms with E-state index in [2.05, 4.69) is 5.32 Å². The zero-order valence-corrected chi connectivity index (χ0v) is 17.7. The van der Waals surface area contributed by atoms with E-state index >= 15 is 0 Å². The number of methoxy groups -OCH3 is 3. The monoisotopic (exact) mass is 419 g/mol. The quantitative estimate of drug-likeness (QED) is 0.544. The molecule has 0 fully saturated rings. The van der Waals surface area contributed by atoms with E-state index in [9.17, 15) is 9.36 Å². The number of ether oxygens (including phenoxy) is 3. The molecule has 3 rings (SSSR count). The second-order valence-electron chi connectivity index (χ2n) is 6.06. The van der Waals surface area contributed by atoms with E-state index in [1.165, 1.54) is 28.4 Å². The lowest BCUT2D eigenvalue weighted by Gasteiger charge is -2.14. The standard InChI is InChI=1S/C20H22NO7P/c1-24-13-8-12(19(26-3)18(10-13)25-2)9-16-15-7-6-14(29(23,27-4)28-5)11-17(15)21-20(16)22/h6-11H,1-5H3,(H,21,22)/b16-9+. The van der Waals surface area contributed by atoms with Gasteiger partial charge in [0.2, 0.25) is 0 Å². The summed E-state index contributed by atoms with van der Waals surface area (Å²) in [4.78, 5) is 12.6. The number of benzene rings is 2. The van der Waals surface area contributed by atoms with Crippen LogP contribution in [0.25, 0.3) is 11.6 Å². The van der Waals surface area contributed by atoms with E-state index in [-0.39, 0.29) is 5.91 Å². The minimum absolute atomic E-state index is 0.300. The largest absolute Gasteiger partial charge is 0.497 e. The van der Waals surface area contributed by atoms with Crippen LogP contribution in [-0.4, -0.2) is 41.5 Å². The number of carbonyl (C=O) groups excluding carboxylic acids is 1. The second-order valence-corrected chi connectivity index (χ2v) is 8.30. The van der Waals surface area contributed by atoms with Crippen molar-refractivity contribution in [2.24, 2.45) is 0 Å². The topological polar surface area (TPSA) is 92.3 Å². The first kappa shape index (κ1) is 20.9. The SMILES string of the molecule is COc1cc(/C=C2/C(=O)Nc3cc(P(=O)(OC)OC)ccc32)c(OC)c(OC)c1. The zero-order valence-electron chi connectivity index (χ0n) is 16.8. The van der Waals surface area contributed by atoms with E-state index in [1.54, 1.807) is 43.5 Å². The molecule has 0 unspecified atom stereocenters. The van der Waals surface area contributed by atoms with Crippen molar-refractivity contribution in [3.05, 3.63) is 41.5 Å². The van der Waals surface area contributed by atoms with Gasteiger partial charge in [-0.15, -0.1) is 0 Å². The van der Waals surface area contributed by atoms with Gasteiger partial charge in [-0.2, -0.15) is 0 Å². The Bertz CT molecular complexity index is 1020. The van der Waals surface area contributed by atoms with Gasteiger partial charge in [0.05, 0.1) is 26.6 Å². The molecule has 1 amide bonds. The molecule has 29 heavy (non-hydrogen) atoms. The van der Waals surface area contributed by atoms with Gasteiger partial charge < -0.3 is 28.6 Å². The Hall–Kier alpha value is -2.80. The van der Waals surface area contributed by atoms with E-state index in [0.29, 0.717) is 44.9 Å². The van der Waals surface area contributed by atoms with Crippen molar-refractivity contribution in [1.82, 2.24) is 0 Å². The maximum atomic E-state index is 12.6. The maximum Gasteiger partial charge on any atom is 0.360 e. The van der Waals surface area contributed by atoms with Crippen LogP contribution < -0.4 is 24.8 Å². The van der Waals surface area contributed by atoms with Crippen LogP contribution in [0.4, 0.5) is 5.69 Å². The fourth-order valence-corrected chi connectivity index (χ4v) is 4.24. The molecular weight excluding hydrogens is 397 g/mol. The Morgan fingerprint density at radius 1 is 0.931 bits per heavy atom. The molecule has 0 saturated carbocycles. The molecule has 2 aromatic rings. The Morgan fingerprint density at radius 2 is 1.66 bits per heavy atom. The third-order valence-electron chi connectivity index (χ3n) is 4.60. The number of hydrogen-bond acceptors (Lipinski definition) is 7. The van der Waals surface area contributed by atoms with Crippen molar-refractivity contribution in [2.75, 3.05) is 40.9 Å². The molecule has 0 aliphatic carbocycles. The number of rotatable bonds is 7. The molecule has 154 valence electrons. The molecule has 1 aliphatic heterocycles. The van der Waals surface area contributed by atoms with Gasteiger partial charge in [-0.05, 0) is 24.3 Å². The highest BCUT2D eigenvalue weighted by Crippen LogP contribution is 2.47. The summed E-state index contributed by atoms with van der Waals surface area (Å²) >= 11 is 0. The number of fused-ring (bicyclic) bond motifs is 1. The molecule has 0 atom stereocenters. The maximum absolute atomic E-state index is 12.6. The Morgan fingerprint density at radius 3 is 2.24 bits per heavy atom. The van der Waals surface area contributed by atoms with Crippen LogP contribution in [0.3, 0.4) is 0 Å². The molecule has 1 heterocycles. The van der Waals surface area contributed by atoms with Crippen molar-refractivity contribution in [2.45, 2.75) is 0 Å². The number of nitrogens with one attached hydrogen (secondary N) is 1. The van der Waals surface area contributed by atoms with Crippen LogP contribution in [0.1, 0.15) is 11.1 Å². The van der Waals surface area contributed by atoms with Gasteiger partial charge in [0.25, 0.3) is 5.91 Å². The lowest BCUT2D eigenvalue weighted by Crippen LogP contribution is -2.09. The van der Waals surface area contributed by atoms with Crippen molar-refractivity contribution in [1.29, 1.82) is 0 Å². The smallest absolute Gasteiger partial charge is 0.360 e. The predicted molar refractivity (Wildman–Crippen MR) is 110 cm³/mol. The number of amides is 1.